The highest BCUT2D eigenvalue weighted by Crippen LogP contribution is 2.16. The molecule has 1 heterocycles. The van der Waals surface area contributed by atoms with Crippen molar-refractivity contribution < 1.29 is 4.79 Å². The lowest BCUT2D eigenvalue weighted by molar-refractivity contribution is 0.0817. The molecule has 0 saturated carbocycles. The van der Waals surface area contributed by atoms with Crippen LogP contribution in [0.25, 0.3) is 0 Å². The first kappa shape index (κ1) is 17.2. The van der Waals surface area contributed by atoms with Gasteiger partial charge in [0.2, 0.25) is 0 Å². The largest absolute Gasteiger partial charge is 0.303 e. The SMILES string of the molecule is CCN(CC)CC(CN1CCCCC1)C(=O)c1ccccc1. The van der Waals surface area contributed by atoms with Gasteiger partial charge < -0.3 is 9.80 Å². The topological polar surface area (TPSA) is 23.6 Å². The summed E-state index contributed by atoms with van der Waals surface area (Å²) in [6, 6.07) is 9.80. The van der Waals surface area contributed by atoms with E-state index in [2.05, 4.69) is 23.6 Å². The molecule has 3 heteroatoms. The fraction of sp³-hybridized carbons (Fsp3) is 0.632. The van der Waals surface area contributed by atoms with Crippen molar-refractivity contribution in [2.75, 3.05) is 39.3 Å². The summed E-state index contributed by atoms with van der Waals surface area (Å²) in [7, 11) is 0. The lowest BCUT2D eigenvalue weighted by Gasteiger charge is -2.32. The number of carbonyl (C=O) groups excluding carboxylic acids is 1. The zero-order valence-corrected chi connectivity index (χ0v) is 14.1. The van der Waals surface area contributed by atoms with Gasteiger partial charge in [0.1, 0.15) is 0 Å². The molecule has 3 nitrogen and oxygen atoms in total. The van der Waals surface area contributed by atoms with Crippen molar-refractivity contribution in [3.05, 3.63) is 35.9 Å². The van der Waals surface area contributed by atoms with Gasteiger partial charge in [0.05, 0.1) is 0 Å². The molecule has 0 amide bonds. The van der Waals surface area contributed by atoms with Gasteiger partial charge in [0.15, 0.2) is 5.78 Å². The molecule has 1 fully saturated rings. The van der Waals surface area contributed by atoms with Crippen molar-refractivity contribution >= 4 is 5.78 Å². The summed E-state index contributed by atoms with van der Waals surface area (Å²) in [6.45, 7) is 10.4. The molecule has 1 aliphatic rings. The van der Waals surface area contributed by atoms with Crippen LogP contribution in [-0.2, 0) is 0 Å². The summed E-state index contributed by atoms with van der Waals surface area (Å²) >= 11 is 0. The van der Waals surface area contributed by atoms with E-state index < -0.39 is 0 Å². The normalized spacial score (nSPS) is 17.6. The Morgan fingerprint density at radius 2 is 1.73 bits per heavy atom. The Morgan fingerprint density at radius 1 is 1.09 bits per heavy atom. The molecule has 0 aliphatic carbocycles. The number of ketones is 1. The van der Waals surface area contributed by atoms with E-state index in [-0.39, 0.29) is 5.92 Å². The molecule has 0 N–H and O–H groups in total. The Morgan fingerprint density at radius 3 is 2.32 bits per heavy atom. The average molecular weight is 302 g/mol. The van der Waals surface area contributed by atoms with E-state index in [0.717, 1.165) is 44.8 Å². The number of likely N-dealkylation sites (tertiary alicyclic amines) is 1. The highest BCUT2D eigenvalue weighted by molar-refractivity contribution is 5.98. The Kier molecular flexibility index (Phi) is 7.07. The summed E-state index contributed by atoms with van der Waals surface area (Å²) in [5.41, 5.74) is 0.858. The van der Waals surface area contributed by atoms with Crippen LogP contribution in [0.4, 0.5) is 0 Å². The van der Waals surface area contributed by atoms with Crippen molar-refractivity contribution in [1.82, 2.24) is 9.80 Å². The second-order valence-corrected chi connectivity index (χ2v) is 6.27. The maximum Gasteiger partial charge on any atom is 0.168 e. The number of carbonyl (C=O) groups is 1. The molecule has 2 rings (SSSR count). The van der Waals surface area contributed by atoms with Crippen molar-refractivity contribution in [2.45, 2.75) is 33.1 Å². The van der Waals surface area contributed by atoms with Crippen molar-refractivity contribution in [3.8, 4) is 0 Å². The number of nitrogens with zero attached hydrogens (tertiary/aromatic N) is 2. The second-order valence-electron chi connectivity index (χ2n) is 6.27. The fourth-order valence-corrected chi connectivity index (χ4v) is 3.31. The summed E-state index contributed by atoms with van der Waals surface area (Å²) in [5, 5.41) is 0. The lowest BCUT2D eigenvalue weighted by atomic mass is 9.95. The monoisotopic (exact) mass is 302 g/mol. The molecule has 22 heavy (non-hydrogen) atoms. The molecule has 0 bridgehead atoms. The Bertz CT molecular complexity index is 436. The zero-order valence-electron chi connectivity index (χ0n) is 14.1. The third-order valence-corrected chi connectivity index (χ3v) is 4.73. The molecule has 0 aromatic heterocycles. The third kappa shape index (κ3) is 4.92. The van der Waals surface area contributed by atoms with E-state index in [4.69, 9.17) is 0 Å². The van der Waals surface area contributed by atoms with Gasteiger partial charge in [-0.25, -0.2) is 0 Å². The van der Waals surface area contributed by atoms with Crippen LogP contribution in [-0.4, -0.2) is 54.9 Å². The first-order chi connectivity index (χ1) is 10.7. The van der Waals surface area contributed by atoms with E-state index in [1.54, 1.807) is 0 Å². The van der Waals surface area contributed by atoms with E-state index in [1.807, 2.05) is 30.3 Å². The van der Waals surface area contributed by atoms with E-state index >= 15 is 0 Å². The molecule has 0 radical (unpaired) electrons. The Labute approximate surface area is 135 Å². The summed E-state index contributed by atoms with van der Waals surface area (Å²) in [5.74, 6) is 0.387. The molecule has 1 atom stereocenters. The average Bonchev–Trinajstić information content (AvgIpc) is 2.59. The van der Waals surface area contributed by atoms with Gasteiger partial charge in [-0.05, 0) is 39.0 Å². The lowest BCUT2D eigenvalue weighted by Crippen LogP contribution is -2.42. The van der Waals surface area contributed by atoms with Gasteiger partial charge in [0.25, 0.3) is 0 Å². The molecule has 0 spiro atoms. The number of hydrogen-bond acceptors (Lipinski definition) is 3. The predicted molar refractivity (Wildman–Crippen MR) is 92.3 cm³/mol. The van der Waals surface area contributed by atoms with Gasteiger partial charge in [0, 0.05) is 24.6 Å². The zero-order chi connectivity index (χ0) is 15.8. The smallest absolute Gasteiger partial charge is 0.168 e. The van der Waals surface area contributed by atoms with Gasteiger partial charge in [-0.1, -0.05) is 50.6 Å². The summed E-state index contributed by atoms with van der Waals surface area (Å²) in [6.07, 6.45) is 3.89. The van der Waals surface area contributed by atoms with Gasteiger partial charge in [-0.15, -0.1) is 0 Å². The summed E-state index contributed by atoms with van der Waals surface area (Å²) in [4.78, 5) is 17.8. The van der Waals surface area contributed by atoms with Crippen molar-refractivity contribution in [1.29, 1.82) is 0 Å². The maximum atomic E-state index is 12.9. The number of hydrogen-bond donors (Lipinski definition) is 0. The van der Waals surface area contributed by atoms with Crippen LogP contribution in [0.5, 0.6) is 0 Å². The molecule has 1 unspecified atom stereocenters. The minimum Gasteiger partial charge on any atom is -0.303 e. The predicted octanol–water partition coefficient (Wildman–Crippen LogP) is 3.31. The van der Waals surface area contributed by atoms with Crippen LogP contribution in [0.1, 0.15) is 43.5 Å². The number of rotatable bonds is 8. The second kappa shape index (κ2) is 9.06. The van der Waals surface area contributed by atoms with E-state index in [1.165, 1.54) is 19.3 Å². The number of piperidine rings is 1. The third-order valence-electron chi connectivity index (χ3n) is 4.73. The van der Waals surface area contributed by atoms with Crippen LogP contribution in [0.15, 0.2) is 30.3 Å². The fourth-order valence-electron chi connectivity index (χ4n) is 3.31. The minimum atomic E-state index is 0.0837. The number of benzene rings is 1. The summed E-state index contributed by atoms with van der Waals surface area (Å²) < 4.78 is 0. The van der Waals surface area contributed by atoms with E-state index in [0.29, 0.717) is 5.78 Å². The Hall–Kier alpha value is -1.19. The molecule has 1 aromatic rings. The van der Waals surface area contributed by atoms with Gasteiger partial charge in [-0.3, -0.25) is 4.79 Å². The highest BCUT2D eigenvalue weighted by atomic mass is 16.1. The van der Waals surface area contributed by atoms with Crippen molar-refractivity contribution in [2.24, 2.45) is 5.92 Å². The first-order valence-corrected chi connectivity index (χ1v) is 8.78. The molecule has 1 aliphatic heterocycles. The van der Waals surface area contributed by atoms with Gasteiger partial charge in [-0.2, -0.15) is 0 Å². The van der Waals surface area contributed by atoms with Crippen LogP contribution < -0.4 is 0 Å². The number of Topliss-reactive ketones (excluding diaryl/α,β-unsaturated/α-hetero) is 1. The molecule has 1 saturated heterocycles. The molecule has 122 valence electrons. The van der Waals surface area contributed by atoms with Crippen LogP contribution in [0, 0.1) is 5.92 Å². The van der Waals surface area contributed by atoms with Crippen molar-refractivity contribution in [3.63, 3.8) is 0 Å². The molecule has 1 aromatic carbocycles. The van der Waals surface area contributed by atoms with Gasteiger partial charge >= 0.3 is 0 Å². The quantitative estimate of drug-likeness (QED) is 0.688. The Balaban J connectivity index is 2.07. The van der Waals surface area contributed by atoms with E-state index in [9.17, 15) is 4.79 Å². The first-order valence-electron chi connectivity index (χ1n) is 8.78. The van der Waals surface area contributed by atoms with Crippen LogP contribution in [0.2, 0.25) is 0 Å². The maximum absolute atomic E-state index is 12.9. The van der Waals surface area contributed by atoms with Crippen LogP contribution >= 0.6 is 0 Å². The highest BCUT2D eigenvalue weighted by Gasteiger charge is 2.25. The van der Waals surface area contributed by atoms with Crippen LogP contribution in [0.3, 0.4) is 0 Å². The standard InChI is InChI=1S/C19H30N2O/c1-3-20(4-2)15-18(16-21-13-9-6-10-14-21)19(22)17-11-7-5-8-12-17/h5,7-8,11-12,18H,3-4,6,9-10,13-16H2,1-2H3. The minimum absolute atomic E-state index is 0.0837. The molecular weight excluding hydrogens is 272 g/mol. The molecular formula is C19H30N2O.